The average Bonchev–Trinajstić information content (AvgIpc) is 3.20. The van der Waals surface area contributed by atoms with Crippen molar-refractivity contribution >= 4 is 24.5 Å². The largest absolute Gasteiger partial charge is 0.488 e. The maximum absolute atomic E-state index is 9.30. The number of halogens is 1. The first-order valence-electron chi connectivity index (χ1n) is 16.5. The number of rotatable bonds is 9. The molecule has 53 heavy (non-hydrogen) atoms. The van der Waals surface area contributed by atoms with E-state index in [-0.39, 0.29) is 12.9 Å². The van der Waals surface area contributed by atoms with Crippen LogP contribution in [0.2, 0.25) is 5.02 Å². The monoisotopic (exact) mass is 738 g/mol. The molecular weight excluding hydrogens is 696 g/mol. The fourth-order valence-electron chi connectivity index (χ4n) is 5.71. The number of piperidine rings is 1. The molecule has 0 saturated carbocycles. The molecular formula is C42H43ClN2O8. The van der Waals surface area contributed by atoms with Crippen LogP contribution in [0.3, 0.4) is 0 Å². The predicted molar refractivity (Wildman–Crippen MR) is 205 cm³/mol. The minimum atomic E-state index is -0.250. The molecule has 4 aromatic rings. The van der Waals surface area contributed by atoms with Crippen molar-refractivity contribution in [2.24, 2.45) is 0 Å². The standard InChI is InChI=1S/C36H35ClN2O4.2C2H2.2CH2O2/c1-25-29(9-6-10-31(25)28-11-12-33-36(19-28)41-16-15-40-33)24-43-35-20-34(42-23-27-8-5-7-26(17-27)21-38)30(18-32(35)37)22-39-13-3-2-4-14-39;2*1-2;2*2-1-3/h5-12,17-20H,2-4,13-16,22-24H2,1H3;2*1-2H;2*1H,(H,2,3). The molecule has 2 aliphatic heterocycles. The Bertz CT molecular complexity index is 1830. The summed E-state index contributed by atoms with van der Waals surface area (Å²) in [5, 5.41) is 23.6. The molecule has 2 heterocycles. The summed E-state index contributed by atoms with van der Waals surface area (Å²) in [6.07, 6.45) is 19.7. The SMILES string of the molecule is C#C.C#C.Cc1c(COc2cc(OCc3cccc(C#N)c3)c(CN3CCCCC3)cc2Cl)cccc1-c1ccc2c(c1)OCCO2.O=CO.O=CO. The number of benzene rings is 4. The molecule has 0 bridgehead atoms. The van der Waals surface area contributed by atoms with Crippen molar-refractivity contribution in [3.8, 4) is 65.9 Å². The Morgan fingerprint density at radius 1 is 0.811 bits per heavy atom. The van der Waals surface area contributed by atoms with Gasteiger partial charge in [-0.2, -0.15) is 5.26 Å². The highest BCUT2D eigenvalue weighted by molar-refractivity contribution is 6.32. The van der Waals surface area contributed by atoms with E-state index < -0.39 is 0 Å². The van der Waals surface area contributed by atoms with Gasteiger partial charge in [0.1, 0.15) is 37.9 Å². The van der Waals surface area contributed by atoms with Crippen LogP contribution in [0.4, 0.5) is 0 Å². The summed E-state index contributed by atoms with van der Waals surface area (Å²) in [5.41, 5.74) is 6.97. The molecule has 0 spiro atoms. The van der Waals surface area contributed by atoms with Crippen molar-refractivity contribution in [3.63, 3.8) is 0 Å². The number of terminal acetylenes is 2. The minimum absolute atomic E-state index is 0.250. The number of ether oxygens (including phenoxy) is 4. The third kappa shape index (κ3) is 13.2. The smallest absolute Gasteiger partial charge is 0.290 e. The fourth-order valence-corrected chi connectivity index (χ4v) is 5.95. The van der Waals surface area contributed by atoms with Crippen LogP contribution in [0.15, 0.2) is 72.8 Å². The van der Waals surface area contributed by atoms with Crippen LogP contribution in [0, 0.1) is 43.9 Å². The summed E-state index contributed by atoms with van der Waals surface area (Å²) >= 11 is 6.82. The number of hydrogen-bond acceptors (Lipinski definition) is 8. The highest BCUT2D eigenvalue weighted by atomic mass is 35.5. The van der Waals surface area contributed by atoms with Gasteiger partial charge in [0.15, 0.2) is 11.5 Å². The molecule has 0 unspecified atom stereocenters. The first-order valence-corrected chi connectivity index (χ1v) is 16.9. The van der Waals surface area contributed by atoms with Crippen LogP contribution in [-0.2, 0) is 29.3 Å². The van der Waals surface area contributed by atoms with Crippen LogP contribution in [0.1, 0.15) is 47.1 Å². The number of nitrogens with zero attached hydrogens (tertiary/aromatic N) is 2. The van der Waals surface area contributed by atoms with Crippen molar-refractivity contribution in [1.82, 2.24) is 4.90 Å². The van der Waals surface area contributed by atoms with E-state index >= 15 is 0 Å². The molecule has 1 saturated heterocycles. The second-order valence-corrected chi connectivity index (χ2v) is 11.7. The van der Waals surface area contributed by atoms with E-state index in [1.807, 2.05) is 48.5 Å². The number of hydrogen-bond donors (Lipinski definition) is 2. The molecule has 2 N–H and O–H groups in total. The summed E-state index contributed by atoms with van der Waals surface area (Å²) in [6.45, 7) is 6.35. The summed E-state index contributed by atoms with van der Waals surface area (Å²) in [5.74, 6) is 2.87. The first-order chi connectivity index (χ1) is 25.9. The quantitative estimate of drug-likeness (QED) is 0.128. The van der Waals surface area contributed by atoms with E-state index in [2.05, 4.69) is 61.8 Å². The van der Waals surface area contributed by atoms with E-state index in [0.717, 1.165) is 70.3 Å². The van der Waals surface area contributed by atoms with E-state index in [1.165, 1.54) is 19.3 Å². The van der Waals surface area contributed by atoms with E-state index in [4.69, 9.17) is 50.4 Å². The van der Waals surface area contributed by atoms with Gasteiger partial charge in [0.2, 0.25) is 0 Å². The molecule has 1 fully saturated rings. The van der Waals surface area contributed by atoms with Crippen molar-refractivity contribution in [2.75, 3.05) is 26.3 Å². The van der Waals surface area contributed by atoms with Gasteiger partial charge in [-0.1, -0.05) is 54.4 Å². The van der Waals surface area contributed by atoms with Crippen LogP contribution >= 0.6 is 11.6 Å². The van der Waals surface area contributed by atoms with Crippen molar-refractivity contribution in [1.29, 1.82) is 5.26 Å². The number of likely N-dealkylation sites (tertiary alicyclic amines) is 1. The molecule has 276 valence electrons. The molecule has 2 aliphatic rings. The Morgan fingerprint density at radius 3 is 2.13 bits per heavy atom. The van der Waals surface area contributed by atoms with Crippen molar-refractivity contribution < 1.29 is 38.7 Å². The highest BCUT2D eigenvalue weighted by Crippen LogP contribution is 2.38. The van der Waals surface area contributed by atoms with Gasteiger partial charge in [0, 0.05) is 18.2 Å². The lowest BCUT2D eigenvalue weighted by Crippen LogP contribution is -2.29. The molecule has 6 rings (SSSR count). The molecule has 11 heteroatoms. The van der Waals surface area contributed by atoms with E-state index in [1.54, 1.807) is 6.07 Å². The zero-order valence-electron chi connectivity index (χ0n) is 29.6. The first kappa shape index (κ1) is 43.0. The maximum atomic E-state index is 9.30. The van der Waals surface area contributed by atoms with Gasteiger partial charge in [0.25, 0.3) is 12.9 Å². The van der Waals surface area contributed by atoms with E-state index in [0.29, 0.717) is 42.8 Å². The summed E-state index contributed by atoms with van der Waals surface area (Å²) < 4.78 is 24.2. The second kappa shape index (κ2) is 24.1. The third-order valence-corrected chi connectivity index (χ3v) is 8.39. The van der Waals surface area contributed by atoms with Crippen LogP contribution in [0.25, 0.3) is 11.1 Å². The molecule has 0 atom stereocenters. The Hall–Kier alpha value is -6.12. The molecule has 0 aromatic heterocycles. The Balaban J connectivity index is 0.000000885. The fraction of sp³-hybridized carbons (Fsp3) is 0.262. The third-order valence-electron chi connectivity index (χ3n) is 8.09. The Kier molecular flexibility index (Phi) is 19.6. The van der Waals surface area contributed by atoms with E-state index in [9.17, 15) is 5.26 Å². The topological polar surface area (TPSA) is 139 Å². The number of nitriles is 1. The summed E-state index contributed by atoms with van der Waals surface area (Å²) in [7, 11) is 0. The zero-order chi connectivity index (χ0) is 39.0. The van der Waals surface area contributed by atoms with Gasteiger partial charge in [0.05, 0.1) is 16.7 Å². The lowest BCUT2D eigenvalue weighted by molar-refractivity contribution is -0.123. The normalized spacial score (nSPS) is 12.4. The predicted octanol–water partition coefficient (Wildman–Crippen LogP) is 8.00. The van der Waals surface area contributed by atoms with Gasteiger partial charge >= 0.3 is 0 Å². The number of carbonyl (C=O) groups is 2. The Morgan fingerprint density at radius 2 is 1.45 bits per heavy atom. The van der Waals surface area contributed by atoms with Crippen LogP contribution < -0.4 is 18.9 Å². The average molecular weight is 739 g/mol. The molecule has 0 aliphatic carbocycles. The van der Waals surface area contributed by atoms with Gasteiger partial charge in [-0.15, -0.1) is 25.7 Å². The highest BCUT2D eigenvalue weighted by Gasteiger charge is 2.18. The van der Waals surface area contributed by atoms with Crippen LogP contribution in [-0.4, -0.2) is 54.4 Å². The molecule has 4 aromatic carbocycles. The van der Waals surface area contributed by atoms with Gasteiger partial charge in [-0.3, -0.25) is 14.5 Å². The molecule has 10 nitrogen and oxygen atoms in total. The number of fused-ring (bicyclic) bond motifs is 1. The molecule has 0 amide bonds. The minimum Gasteiger partial charge on any atom is -0.488 e. The number of carboxylic acid groups (broad SMARTS) is 2. The van der Waals surface area contributed by atoms with Gasteiger partial charge < -0.3 is 29.2 Å². The molecule has 0 radical (unpaired) electrons. The van der Waals surface area contributed by atoms with Crippen molar-refractivity contribution in [2.45, 2.75) is 45.9 Å². The zero-order valence-corrected chi connectivity index (χ0v) is 30.3. The lowest BCUT2D eigenvalue weighted by Gasteiger charge is -2.27. The summed E-state index contributed by atoms with van der Waals surface area (Å²) in [4.78, 5) is 19.2. The second-order valence-electron chi connectivity index (χ2n) is 11.3. The van der Waals surface area contributed by atoms with Gasteiger partial charge in [-0.05, 0) is 91.0 Å². The maximum Gasteiger partial charge on any atom is 0.290 e. The lowest BCUT2D eigenvalue weighted by atomic mass is 9.96. The van der Waals surface area contributed by atoms with Crippen LogP contribution in [0.5, 0.6) is 23.0 Å². The van der Waals surface area contributed by atoms with Gasteiger partial charge in [-0.25, -0.2) is 0 Å². The Labute approximate surface area is 316 Å². The summed E-state index contributed by atoms with van der Waals surface area (Å²) in [6, 6.07) is 25.9. The van der Waals surface area contributed by atoms with Crippen molar-refractivity contribution in [3.05, 3.63) is 106 Å².